The van der Waals surface area contributed by atoms with Crippen LogP contribution in [-0.4, -0.2) is 43.1 Å². The molecule has 2 aliphatic heterocycles. The van der Waals surface area contributed by atoms with Crippen molar-refractivity contribution in [3.05, 3.63) is 57.9 Å². The molecule has 0 unspecified atom stereocenters. The van der Waals surface area contributed by atoms with Crippen molar-refractivity contribution in [2.45, 2.75) is 30.7 Å². The van der Waals surface area contributed by atoms with Crippen molar-refractivity contribution < 1.29 is 18.0 Å². The predicted octanol–water partition coefficient (Wildman–Crippen LogP) is 2.16. The van der Waals surface area contributed by atoms with Crippen LogP contribution in [0.3, 0.4) is 0 Å². The van der Waals surface area contributed by atoms with Gasteiger partial charge in [0, 0.05) is 18.0 Å². The number of piperidine rings is 1. The summed E-state index contributed by atoms with van der Waals surface area (Å²) in [5, 5.41) is 7.02. The van der Waals surface area contributed by atoms with E-state index in [4.69, 9.17) is 5.14 Å². The number of carbonyl (C=O) groups excluding carboxylic acids is 2. The Labute approximate surface area is 173 Å². The molecule has 2 amide bonds. The fourth-order valence-electron chi connectivity index (χ4n) is 3.73. The Morgan fingerprint density at radius 1 is 0.966 bits per heavy atom. The van der Waals surface area contributed by atoms with Gasteiger partial charge in [0.05, 0.1) is 17.0 Å². The number of primary sulfonamides is 1. The summed E-state index contributed by atoms with van der Waals surface area (Å²) in [5.74, 6) is -0.607. The minimum absolute atomic E-state index is 0.00766. The van der Waals surface area contributed by atoms with Gasteiger partial charge in [0.25, 0.3) is 11.8 Å². The van der Waals surface area contributed by atoms with Crippen LogP contribution in [0.4, 0.5) is 0 Å². The highest BCUT2D eigenvalue weighted by atomic mass is 32.2. The van der Waals surface area contributed by atoms with Crippen LogP contribution in [0.15, 0.2) is 52.4 Å². The lowest BCUT2D eigenvalue weighted by Crippen LogP contribution is -2.36. The summed E-state index contributed by atoms with van der Waals surface area (Å²) in [6, 6.07) is 9.64. The van der Waals surface area contributed by atoms with Crippen molar-refractivity contribution in [3.8, 4) is 0 Å². The van der Waals surface area contributed by atoms with Crippen molar-refractivity contribution >= 4 is 38.7 Å². The average Bonchev–Trinajstić information content (AvgIpc) is 3.31. The lowest BCUT2D eigenvalue weighted by atomic mass is 10.1. The van der Waals surface area contributed by atoms with E-state index in [0.717, 1.165) is 37.2 Å². The number of carbonyl (C=O) groups is 2. The van der Waals surface area contributed by atoms with Crippen LogP contribution in [0.25, 0.3) is 5.57 Å². The Kier molecular flexibility index (Phi) is 5.28. The number of nitrogens with two attached hydrogens (primary N) is 1. The molecular formula is C20H21N3O4S2. The maximum Gasteiger partial charge on any atom is 0.278 e. The zero-order valence-electron chi connectivity index (χ0n) is 15.7. The largest absolute Gasteiger partial charge is 0.366 e. The van der Waals surface area contributed by atoms with Crippen LogP contribution in [0, 0.1) is 0 Å². The number of hydrogen-bond donors (Lipinski definition) is 1. The zero-order valence-corrected chi connectivity index (χ0v) is 17.3. The number of sulfonamides is 1. The Morgan fingerprint density at radius 2 is 1.66 bits per heavy atom. The van der Waals surface area contributed by atoms with Gasteiger partial charge < -0.3 is 4.90 Å². The van der Waals surface area contributed by atoms with Crippen molar-refractivity contribution in [2.75, 3.05) is 13.1 Å². The smallest absolute Gasteiger partial charge is 0.278 e. The molecule has 1 aromatic heterocycles. The number of hydrogen-bond acceptors (Lipinski definition) is 6. The molecule has 152 valence electrons. The molecule has 0 saturated carbocycles. The van der Waals surface area contributed by atoms with E-state index in [1.54, 1.807) is 12.1 Å². The Morgan fingerprint density at radius 3 is 2.24 bits per heavy atom. The first-order chi connectivity index (χ1) is 13.9. The molecule has 2 aliphatic rings. The minimum atomic E-state index is -3.79. The first kappa shape index (κ1) is 19.8. The molecule has 2 N–H and O–H groups in total. The highest BCUT2D eigenvalue weighted by molar-refractivity contribution is 7.89. The first-order valence-corrected chi connectivity index (χ1v) is 11.8. The molecule has 1 saturated heterocycles. The molecule has 3 heterocycles. The fourth-order valence-corrected chi connectivity index (χ4v) is 5.01. The Bertz CT molecular complexity index is 1070. The topological polar surface area (TPSA) is 101 Å². The van der Waals surface area contributed by atoms with Gasteiger partial charge in [0.15, 0.2) is 0 Å². The third-order valence-corrected chi connectivity index (χ3v) is 6.99. The normalized spacial score (nSPS) is 18.1. The summed E-state index contributed by atoms with van der Waals surface area (Å²) in [7, 11) is -3.79. The van der Waals surface area contributed by atoms with Crippen LogP contribution >= 0.6 is 11.3 Å². The number of amides is 2. The standard InChI is InChI=1S/C20H21N3O4S2/c21-29(26,27)15-8-6-14(7-9-15)13-23-19(24)17(16-5-4-12-28-16)18(20(23)25)22-10-2-1-3-11-22/h4-9,12H,1-3,10-11,13H2,(H2,21,26,27). The van der Waals surface area contributed by atoms with Crippen LogP contribution in [0.2, 0.25) is 0 Å². The SMILES string of the molecule is NS(=O)(=O)c1ccc(CN2C(=O)C(c3cccs3)=C(N3CCCCC3)C2=O)cc1. The van der Waals surface area contributed by atoms with Gasteiger partial charge >= 0.3 is 0 Å². The summed E-state index contributed by atoms with van der Waals surface area (Å²) in [5.41, 5.74) is 1.61. The second-order valence-corrected chi connectivity index (χ2v) is 9.64. The number of likely N-dealkylation sites (tertiary alicyclic amines) is 1. The van der Waals surface area contributed by atoms with Crippen LogP contribution < -0.4 is 5.14 Å². The summed E-state index contributed by atoms with van der Waals surface area (Å²) in [6.45, 7) is 1.61. The molecule has 1 fully saturated rings. The second-order valence-electron chi connectivity index (χ2n) is 7.13. The van der Waals surface area contributed by atoms with E-state index in [9.17, 15) is 18.0 Å². The first-order valence-electron chi connectivity index (χ1n) is 9.37. The summed E-state index contributed by atoms with van der Waals surface area (Å²) < 4.78 is 22.9. The van der Waals surface area contributed by atoms with Gasteiger partial charge in [0.2, 0.25) is 10.0 Å². The van der Waals surface area contributed by atoms with Crippen LogP contribution in [0.5, 0.6) is 0 Å². The molecule has 29 heavy (non-hydrogen) atoms. The molecule has 0 aliphatic carbocycles. The van der Waals surface area contributed by atoms with Gasteiger partial charge in [-0.15, -0.1) is 11.3 Å². The van der Waals surface area contributed by atoms with Gasteiger partial charge in [-0.05, 0) is 48.4 Å². The highest BCUT2D eigenvalue weighted by Gasteiger charge is 2.42. The molecule has 7 nitrogen and oxygen atoms in total. The number of nitrogens with zero attached hydrogens (tertiary/aromatic N) is 2. The highest BCUT2D eigenvalue weighted by Crippen LogP contribution is 2.35. The third-order valence-electron chi connectivity index (χ3n) is 5.18. The minimum Gasteiger partial charge on any atom is -0.366 e. The molecule has 0 radical (unpaired) electrons. The molecule has 1 aromatic carbocycles. The fraction of sp³-hybridized carbons (Fsp3) is 0.300. The van der Waals surface area contributed by atoms with E-state index >= 15 is 0 Å². The number of imide groups is 1. The summed E-state index contributed by atoms with van der Waals surface area (Å²) >= 11 is 1.44. The molecule has 9 heteroatoms. The molecule has 4 rings (SSSR count). The lowest BCUT2D eigenvalue weighted by Gasteiger charge is -2.29. The Hall–Kier alpha value is -2.49. The van der Waals surface area contributed by atoms with Crippen molar-refractivity contribution in [2.24, 2.45) is 5.14 Å². The van der Waals surface area contributed by atoms with E-state index in [0.29, 0.717) is 16.8 Å². The maximum absolute atomic E-state index is 13.2. The predicted molar refractivity (Wildman–Crippen MR) is 110 cm³/mol. The molecule has 0 atom stereocenters. The number of benzene rings is 1. The van der Waals surface area contributed by atoms with Gasteiger partial charge in [-0.2, -0.15) is 0 Å². The summed E-state index contributed by atoms with van der Waals surface area (Å²) in [4.78, 5) is 30.5. The van der Waals surface area contributed by atoms with Crippen LogP contribution in [-0.2, 0) is 26.2 Å². The van der Waals surface area contributed by atoms with Crippen LogP contribution in [0.1, 0.15) is 29.7 Å². The van der Waals surface area contributed by atoms with Gasteiger partial charge in [-0.3, -0.25) is 14.5 Å². The average molecular weight is 432 g/mol. The van der Waals surface area contributed by atoms with Crippen molar-refractivity contribution in [1.82, 2.24) is 9.80 Å². The van der Waals surface area contributed by atoms with E-state index < -0.39 is 10.0 Å². The van der Waals surface area contributed by atoms with Gasteiger partial charge in [-0.1, -0.05) is 18.2 Å². The number of thiophene rings is 1. The molecule has 0 spiro atoms. The lowest BCUT2D eigenvalue weighted by molar-refractivity contribution is -0.138. The number of rotatable bonds is 5. The monoisotopic (exact) mass is 431 g/mol. The zero-order chi connectivity index (χ0) is 20.6. The van der Waals surface area contributed by atoms with Gasteiger partial charge in [0.1, 0.15) is 5.70 Å². The maximum atomic E-state index is 13.2. The van der Waals surface area contributed by atoms with E-state index in [1.165, 1.54) is 28.4 Å². The van der Waals surface area contributed by atoms with E-state index in [2.05, 4.69) is 0 Å². The van der Waals surface area contributed by atoms with Crippen molar-refractivity contribution in [3.63, 3.8) is 0 Å². The molecular weight excluding hydrogens is 410 g/mol. The third kappa shape index (κ3) is 3.85. The quantitative estimate of drug-likeness (QED) is 0.731. The van der Waals surface area contributed by atoms with Crippen molar-refractivity contribution in [1.29, 1.82) is 0 Å². The second kappa shape index (κ2) is 7.74. The molecule has 0 bridgehead atoms. The van der Waals surface area contributed by atoms with E-state index in [-0.39, 0.29) is 23.3 Å². The Balaban J connectivity index is 1.65. The van der Waals surface area contributed by atoms with Gasteiger partial charge in [-0.25, -0.2) is 13.6 Å². The molecule has 2 aromatic rings. The van der Waals surface area contributed by atoms with E-state index in [1.807, 2.05) is 22.4 Å². The summed E-state index contributed by atoms with van der Waals surface area (Å²) in [6.07, 6.45) is 3.12.